The van der Waals surface area contributed by atoms with Gasteiger partial charge in [0, 0.05) is 25.2 Å². The summed E-state index contributed by atoms with van der Waals surface area (Å²) in [6, 6.07) is 1.93. The molecule has 1 aromatic heterocycles. The molecular weight excluding hydrogens is 332 g/mol. The first kappa shape index (κ1) is 15.0. The van der Waals surface area contributed by atoms with Gasteiger partial charge >= 0.3 is 0 Å². The third-order valence-corrected chi connectivity index (χ3v) is 5.83. The summed E-state index contributed by atoms with van der Waals surface area (Å²) >= 11 is 3.21. The van der Waals surface area contributed by atoms with Crippen LogP contribution in [0.2, 0.25) is 0 Å². The molecule has 0 aromatic carbocycles. The van der Waals surface area contributed by atoms with Crippen LogP contribution in [0.25, 0.3) is 0 Å². The average molecular weight is 351 g/mol. The van der Waals surface area contributed by atoms with Gasteiger partial charge in [-0.2, -0.15) is 4.31 Å². The van der Waals surface area contributed by atoms with Gasteiger partial charge in [0.25, 0.3) is 0 Å². The average Bonchev–Trinajstić information content (AvgIpc) is 2.95. The number of nitrogens with one attached hydrogen (secondary N) is 1. The van der Waals surface area contributed by atoms with Crippen molar-refractivity contribution in [1.82, 2.24) is 9.62 Å². The van der Waals surface area contributed by atoms with Crippen LogP contribution in [0.4, 0.5) is 0 Å². The Morgan fingerprint density at radius 3 is 2.63 bits per heavy atom. The summed E-state index contributed by atoms with van der Waals surface area (Å²) in [7, 11) is -3.42. The fourth-order valence-electron chi connectivity index (χ4n) is 2.03. The van der Waals surface area contributed by atoms with Crippen molar-refractivity contribution < 1.29 is 12.8 Å². The number of hydrogen-bond donors (Lipinski definition) is 1. The highest BCUT2D eigenvalue weighted by molar-refractivity contribution is 9.10. The molecule has 1 aromatic rings. The van der Waals surface area contributed by atoms with Crippen LogP contribution < -0.4 is 5.32 Å². The maximum absolute atomic E-state index is 12.4. The number of rotatable bonds is 5. The highest BCUT2D eigenvalue weighted by atomic mass is 79.9. The Labute approximate surface area is 122 Å². The van der Waals surface area contributed by atoms with E-state index in [1.54, 1.807) is 6.07 Å². The van der Waals surface area contributed by atoms with Crippen molar-refractivity contribution in [3.05, 3.63) is 16.5 Å². The van der Waals surface area contributed by atoms with Gasteiger partial charge in [0.05, 0.1) is 6.54 Å². The number of sulfonamides is 1. The molecule has 0 atom stereocenters. The zero-order valence-corrected chi connectivity index (χ0v) is 13.6. The summed E-state index contributed by atoms with van der Waals surface area (Å²) in [5, 5.41) is 3.20. The maximum atomic E-state index is 12.4. The molecule has 1 saturated heterocycles. The molecule has 1 aliphatic rings. The van der Waals surface area contributed by atoms with Crippen LogP contribution in [0, 0.1) is 0 Å². The minimum Gasteiger partial charge on any atom is -0.452 e. The monoisotopic (exact) mass is 350 g/mol. The topological polar surface area (TPSA) is 62.6 Å². The van der Waals surface area contributed by atoms with E-state index in [4.69, 9.17) is 4.42 Å². The second-order valence-electron chi connectivity index (χ2n) is 5.00. The molecule has 1 aliphatic heterocycles. The SMILES string of the molecule is CC(C)NCc1cc(S(=O)(=O)N2CCCC2)c(Br)o1. The molecule has 2 rings (SSSR count). The van der Waals surface area contributed by atoms with Gasteiger partial charge in [-0.25, -0.2) is 8.42 Å². The Morgan fingerprint density at radius 1 is 1.42 bits per heavy atom. The van der Waals surface area contributed by atoms with Gasteiger partial charge in [-0.3, -0.25) is 0 Å². The van der Waals surface area contributed by atoms with Crippen molar-refractivity contribution in [2.24, 2.45) is 0 Å². The third kappa shape index (κ3) is 3.39. The van der Waals surface area contributed by atoms with Crippen LogP contribution in [-0.2, 0) is 16.6 Å². The second kappa shape index (κ2) is 5.95. The molecule has 0 spiro atoms. The van der Waals surface area contributed by atoms with Crippen LogP contribution in [0.15, 0.2) is 20.0 Å². The van der Waals surface area contributed by atoms with E-state index in [2.05, 4.69) is 21.2 Å². The Kier molecular flexibility index (Phi) is 4.70. The van der Waals surface area contributed by atoms with Crippen molar-refractivity contribution >= 4 is 26.0 Å². The maximum Gasteiger partial charge on any atom is 0.247 e. The smallest absolute Gasteiger partial charge is 0.247 e. The summed E-state index contributed by atoms with van der Waals surface area (Å²) in [5.74, 6) is 0.623. The van der Waals surface area contributed by atoms with E-state index in [9.17, 15) is 8.42 Å². The largest absolute Gasteiger partial charge is 0.452 e. The van der Waals surface area contributed by atoms with E-state index in [1.165, 1.54) is 4.31 Å². The predicted molar refractivity (Wildman–Crippen MR) is 76.4 cm³/mol. The lowest BCUT2D eigenvalue weighted by Gasteiger charge is -2.13. The molecule has 0 bridgehead atoms. The first-order chi connectivity index (χ1) is 8.91. The highest BCUT2D eigenvalue weighted by Crippen LogP contribution is 2.30. The minimum atomic E-state index is -3.42. The predicted octanol–water partition coefficient (Wildman–Crippen LogP) is 2.32. The van der Waals surface area contributed by atoms with Crippen LogP contribution in [0.5, 0.6) is 0 Å². The Bertz CT molecular complexity index is 533. The molecule has 1 fully saturated rings. The molecule has 1 N–H and O–H groups in total. The molecule has 0 unspecified atom stereocenters. The number of hydrogen-bond acceptors (Lipinski definition) is 4. The van der Waals surface area contributed by atoms with Crippen molar-refractivity contribution in [2.75, 3.05) is 13.1 Å². The van der Waals surface area contributed by atoms with Gasteiger partial charge < -0.3 is 9.73 Å². The van der Waals surface area contributed by atoms with Gasteiger partial charge in [-0.1, -0.05) is 13.8 Å². The minimum absolute atomic E-state index is 0.231. The van der Waals surface area contributed by atoms with E-state index in [0.717, 1.165) is 12.8 Å². The van der Waals surface area contributed by atoms with E-state index in [0.29, 0.717) is 36.1 Å². The van der Waals surface area contributed by atoms with Gasteiger partial charge in [0.2, 0.25) is 10.0 Å². The molecule has 0 amide bonds. The van der Waals surface area contributed by atoms with Gasteiger partial charge in [-0.05, 0) is 28.8 Å². The molecule has 0 aliphatic carbocycles. The van der Waals surface area contributed by atoms with Gasteiger partial charge in [0.15, 0.2) is 4.67 Å². The van der Waals surface area contributed by atoms with Crippen LogP contribution in [-0.4, -0.2) is 31.9 Å². The summed E-state index contributed by atoms with van der Waals surface area (Å²) in [5.41, 5.74) is 0. The molecule has 19 heavy (non-hydrogen) atoms. The first-order valence-electron chi connectivity index (χ1n) is 6.43. The van der Waals surface area contributed by atoms with Crippen molar-refractivity contribution in [3.8, 4) is 0 Å². The number of halogens is 1. The lowest BCUT2D eigenvalue weighted by Crippen LogP contribution is -2.27. The summed E-state index contributed by atoms with van der Waals surface area (Å²) in [6.45, 7) is 5.77. The molecular formula is C12H19BrN2O3S. The highest BCUT2D eigenvalue weighted by Gasteiger charge is 2.31. The molecule has 5 nitrogen and oxygen atoms in total. The van der Waals surface area contributed by atoms with Crippen molar-refractivity contribution in [2.45, 2.75) is 44.2 Å². The van der Waals surface area contributed by atoms with Crippen LogP contribution in [0.3, 0.4) is 0 Å². The summed E-state index contributed by atoms with van der Waals surface area (Å²) in [6.07, 6.45) is 1.85. The fraction of sp³-hybridized carbons (Fsp3) is 0.667. The van der Waals surface area contributed by atoms with Crippen LogP contribution >= 0.6 is 15.9 Å². The van der Waals surface area contributed by atoms with E-state index >= 15 is 0 Å². The molecule has 108 valence electrons. The van der Waals surface area contributed by atoms with Crippen molar-refractivity contribution in [3.63, 3.8) is 0 Å². The number of nitrogens with zero attached hydrogens (tertiary/aromatic N) is 1. The lowest BCUT2D eigenvalue weighted by atomic mass is 10.3. The molecule has 2 heterocycles. The number of furan rings is 1. The Hall–Kier alpha value is -0.370. The molecule has 0 saturated carbocycles. The summed E-state index contributed by atoms with van der Waals surface area (Å²) < 4.78 is 32.1. The van der Waals surface area contributed by atoms with E-state index < -0.39 is 10.0 Å². The lowest BCUT2D eigenvalue weighted by molar-refractivity contribution is 0.443. The normalized spacial score (nSPS) is 17.5. The Balaban J connectivity index is 2.20. The Morgan fingerprint density at radius 2 is 2.05 bits per heavy atom. The molecule has 7 heteroatoms. The zero-order chi connectivity index (χ0) is 14.0. The zero-order valence-electron chi connectivity index (χ0n) is 11.1. The standard InChI is InChI=1S/C12H19BrN2O3S/c1-9(2)14-8-10-7-11(12(13)18-10)19(16,17)15-5-3-4-6-15/h7,9,14H,3-6,8H2,1-2H3. The second-order valence-corrected chi connectivity index (χ2v) is 7.62. The third-order valence-electron chi connectivity index (χ3n) is 3.07. The fourth-order valence-corrected chi connectivity index (χ4v) is 4.51. The van der Waals surface area contributed by atoms with E-state index in [-0.39, 0.29) is 4.90 Å². The molecule has 0 radical (unpaired) electrons. The van der Waals surface area contributed by atoms with E-state index in [1.807, 2.05) is 13.8 Å². The van der Waals surface area contributed by atoms with Crippen LogP contribution in [0.1, 0.15) is 32.4 Å². The quantitative estimate of drug-likeness (QED) is 0.884. The first-order valence-corrected chi connectivity index (χ1v) is 8.66. The summed E-state index contributed by atoms with van der Waals surface area (Å²) in [4.78, 5) is 0.231. The van der Waals surface area contributed by atoms with Gasteiger partial charge in [0.1, 0.15) is 10.7 Å². The van der Waals surface area contributed by atoms with Crippen molar-refractivity contribution in [1.29, 1.82) is 0 Å². The van der Waals surface area contributed by atoms with Gasteiger partial charge in [-0.15, -0.1) is 0 Å².